The smallest absolute Gasteiger partial charge is 0.0219 e. The SMILES string of the molecule is CC(C)(CCN)SSCCN. The van der Waals surface area contributed by atoms with E-state index in [1.165, 1.54) is 0 Å². The summed E-state index contributed by atoms with van der Waals surface area (Å²) < 4.78 is 0.300. The van der Waals surface area contributed by atoms with E-state index < -0.39 is 0 Å². The van der Waals surface area contributed by atoms with Crippen LogP contribution in [0.4, 0.5) is 0 Å². The van der Waals surface area contributed by atoms with Crippen molar-refractivity contribution in [2.75, 3.05) is 18.8 Å². The van der Waals surface area contributed by atoms with Gasteiger partial charge in [-0.25, -0.2) is 0 Å². The highest BCUT2D eigenvalue weighted by atomic mass is 33.1. The molecule has 11 heavy (non-hydrogen) atoms. The second-order valence-corrected chi connectivity index (χ2v) is 6.12. The molecule has 4 heteroatoms. The summed E-state index contributed by atoms with van der Waals surface area (Å²) in [6.07, 6.45) is 1.06. The van der Waals surface area contributed by atoms with E-state index in [4.69, 9.17) is 11.5 Å². The number of nitrogens with two attached hydrogens (primary N) is 2. The molecule has 0 aliphatic carbocycles. The van der Waals surface area contributed by atoms with Gasteiger partial charge in [-0.1, -0.05) is 21.6 Å². The van der Waals surface area contributed by atoms with E-state index in [9.17, 15) is 0 Å². The number of hydrogen-bond donors (Lipinski definition) is 2. The van der Waals surface area contributed by atoms with Gasteiger partial charge in [-0.15, -0.1) is 0 Å². The molecule has 0 heterocycles. The Morgan fingerprint density at radius 3 is 2.27 bits per heavy atom. The fourth-order valence-corrected chi connectivity index (χ4v) is 3.08. The summed E-state index contributed by atoms with van der Waals surface area (Å²) in [7, 11) is 3.72. The van der Waals surface area contributed by atoms with Gasteiger partial charge in [0.25, 0.3) is 0 Å². The highest BCUT2D eigenvalue weighted by Crippen LogP contribution is 2.37. The van der Waals surface area contributed by atoms with Crippen molar-refractivity contribution in [3.63, 3.8) is 0 Å². The molecule has 2 nitrogen and oxygen atoms in total. The molecule has 0 aliphatic rings. The van der Waals surface area contributed by atoms with Gasteiger partial charge in [-0.05, 0) is 26.8 Å². The average molecular weight is 194 g/mol. The van der Waals surface area contributed by atoms with Crippen molar-refractivity contribution in [3.05, 3.63) is 0 Å². The van der Waals surface area contributed by atoms with Gasteiger partial charge in [-0.3, -0.25) is 0 Å². The van der Waals surface area contributed by atoms with Crippen LogP contribution in [0.25, 0.3) is 0 Å². The standard InChI is InChI=1S/C7H18N2S2/c1-7(2,3-4-8)11-10-6-5-9/h3-6,8-9H2,1-2H3. The number of rotatable bonds is 6. The lowest BCUT2D eigenvalue weighted by Gasteiger charge is -2.21. The summed E-state index contributed by atoms with van der Waals surface area (Å²) in [4.78, 5) is 0. The van der Waals surface area contributed by atoms with Crippen molar-refractivity contribution in [2.24, 2.45) is 11.5 Å². The van der Waals surface area contributed by atoms with Crippen LogP contribution in [0.2, 0.25) is 0 Å². The minimum absolute atomic E-state index is 0.300. The Kier molecular flexibility index (Phi) is 6.52. The van der Waals surface area contributed by atoms with Gasteiger partial charge in [0.05, 0.1) is 0 Å². The Balaban J connectivity index is 3.38. The fourth-order valence-electron chi connectivity index (χ4n) is 0.639. The molecule has 0 spiro atoms. The third kappa shape index (κ3) is 7.00. The molecular formula is C7H18N2S2. The quantitative estimate of drug-likeness (QED) is 0.496. The minimum atomic E-state index is 0.300. The monoisotopic (exact) mass is 194 g/mol. The predicted molar refractivity (Wildman–Crippen MR) is 56.9 cm³/mol. The van der Waals surface area contributed by atoms with Crippen molar-refractivity contribution in [1.29, 1.82) is 0 Å². The summed E-state index contributed by atoms with van der Waals surface area (Å²) in [5.41, 5.74) is 10.8. The van der Waals surface area contributed by atoms with Gasteiger partial charge in [0.2, 0.25) is 0 Å². The molecule has 0 atom stereocenters. The van der Waals surface area contributed by atoms with Gasteiger partial charge >= 0.3 is 0 Å². The molecule has 0 unspecified atom stereocenters. The zero-order valence-corrected chi connectivity index (χ0v) is 8.93. The summed E-state index contributed by atoms with van der Waals surface area (Å²) >= 11 is 0. The van der Waals surface area contributed by atoms with E-state index >= 15 is 0 Å². The highest BCUT2D eigenvalue weighted by Gasteiger charge is 2.16. The Morgan fingerprint density at radius 2 is 1.82 bits per heavy atom. The van der Waals surface area contributed by atoms with Gasteiger partial charge in [0, 0.05) is 17.0 Å². The van der Waals surface area contributed by atoms with Crippen LogP contribution >= 0.6 is 21.6 Å². The van der Waals surface area contributed by atoms with Crippen LogP contribution in [-0.2, 0) is 0 Å². The van der Waals surface area contributed by atoms with E-state index in [0.29, 0.717) is 4.75 Å². The summed E-state index contributed by atoms with van der Waals surface area (Å²) in [5, 5.41) is 0. The molecule has 0 amide bonds. The van der Waals surface area contributed by atoms with Crippen molar-refractivity contribution in [3.8, 4) is 0 Å². The topological polar surface area (TPSA) is 52.0 Å². The molecule has 0 aromatic rings. The maximum atomic E-state index is 5.47. The molecule has 4 N–H and O–H groups in total. The van der Waals surface area contributed by atoms with Crippen LogP contribution in [0.15, 0.2) is 0 Å². The minimum Gasteiger partial charge on any atom is -0.330 e. The molecule has 0 aromatic carbocycles. The largest absolute Gasteiger partial charge is 0.330 e. The Hall–Kier alpha value is 0.620. The van der Waals surface area contributed by atoms with Gasteiger partial charge in [-0.2, -0.15) is 0 Å². The van der Waals surface area contributed by atoms with Gasteiger partial charge in [0.1, 0.15) is 0 Å². The van der Waals surface area contributed by atoms with Crippen molar-refractivity contribution >= 4 is 21.6 Å². The summed E-state index contributed by atoms with van der Waals surface area (Å²) in [6.45, 7) is 5.96. The summed E-state index contributed by atoms with van der Waals surface area (Å²) in [6, 6.07) is 0. The van der Waals surface area contributed by atoms with Crippen LogP contribution < -0.4 is 11.5 Å². The molecule has 0 aliphatic heterocycles. The van der Waals surface area contributed by atoms with Gasteiger partial charge in [0.15, 0.2) is 0 Å². The van der Waals surface area contributed by atoms with E-state index in [2.05, 4.69) is 13.8 Å². The first kappa shape index (κ1) is 11.6. The Morgan fingerprint density at radius 1 is 1.18 bits per heavy atom. The molecule has 0 bridgehead atoms. The maximum absolute atomic E-state index is 5.47. The van der Waals surface area contributed by atoms with Crippen molar-refractivity contribution in [1.82, 2.24) is 0 Å². The van der Waals surface area contributed by atoms with E-state index in [-0.39, 0.29) is 0 Å². The lowest BCUT2D eigenvalue weighted by Crippen LogP contribution is -2.19. The molecular weight excluding hydrogens is 176 g/mol. The molecule has 0 saturated carbocycles. The van der Waals surface area contributed by atoms with Crippen molar-refractivity contribution in [2.45, 2.75) is 25.0 Å². The van der Waals surface area contributed by atoms with E-state index in [0.717, 1.165) is 25.3 Å². The van der Waals surface area contributed by atoms with Crippen LogP contribution in [-0.4, -0.2) is 23.6 Å². The van der Waals surface area contributed by atoms with Crippen LogP contribution in [0.3, 0.4) is 0 Å². The lowest BCUT2D eigenvalue weighted by atomic mass is 10.1. The van der Waals surface area contributed by atoms with Crippen LogP contribution in [0.5, 0.6) is 0 Å². The highest BCUT2D eigenvalue weighted by molar-refractivity contribution is 8.77. The first-order valence-electron chi connectivity index (χ1n) is 3.83. The predicted octanol–water partition coefficient (Wildman–Crippen LogP) is 1.45. The van der Waals surface area contributed by atoms with Crippen molar-refractivity contribution < 1.29 is 0 Å². The molecule has 0 rings (SSSR count). The molecule has 0 radical (unpaired) electrons. The molecule has 0 aromatic heterocycles. The Labute approximate surface area is 77.3 Å². The zero-order chi connectivity index (χ0) is 8.74. The maximum Gasteiger partial charge on any atom is 0.0219 e. The molecule has 0 saturated heterocycles. The lowest BCUT2D eigenvalue weighted by molar-refractivity contribution is 0.653. The van der Waals surface area contributed by atoms with Crippen LogP contribution in [0.1, 0.15) is 20.3 Å². The number of hydrogen-bond acceptors (Lipinski definition) is 4. The average Bonchev–Trinajstić information content (AvgIpc) is 1.87. The van der Waals surface area contributed by atoms with E-state index in [1.54, 1.807) is 0 Å². The third-order valence-electron chi connectivity index (χ3n) is 1.23. The first-order chi connectivity index (χ1) is 5.12. The first-order valence-corrected chi connectivity index (χ1v) is 6.15. The van der Waals surface area contributed by atoms with E-state index in [1.807, 2.05) is 21.6 Å². The Bertz CT molecular complexity index is 96.4. The molecule has 68 valence electrons. The normalized spacial score (nSPS) is 12.0. The summed E-state index contributed by atoms with van der Waals surface area (Å²) in [5.74, 6) is 1.03. The van der Waals surface area contributed by atoms with Crippen LogP contribution in [0, 0.1) is 0 Å². The second-order valence-electron chi connectivity index (χ2n) is 2.99. The second kappa shape index (κ2) is 6.17. The zero-order valence-electron chi connectivity index (χ0n) is 7.30. The fraction of sp³-hybridized carbons (Fsp3) is 1.00. The van der Waals surface area contributed by atoms with Gasteiger partial charge < -0.3 is 11.5 Å². The third-order valence-corrected chi connectivity index (χ3v) is 4.61. The molecule has 0 fully saturated rings.